The number of benzene rings is 1. The molecule has 0 aliphatic carbocycles. The second-order valence-corrected chi connectivity index (χ2v) is 6.28. The van der Waals surface area contributed by atoms with Crippen molar-refractivity contribution >= 4 is 41.5 Å². The van der Waals surface area contributed by atoms with Gasteiger partial charge >= 0.3 is 0 Å². The summed E-state index contributed by atoms with van der Waals surface area (Å²) in [7, 11) is 0. The predicted octanol–water partition coefficient (Wildman–Crippen LogP) is 3.78. The Bertz CT molecular complexity index is 508. The number of carbonyl (C=O) groups is 1. The monoisotopic (exact) mass is 380 g/mol. The van der Waals surface area contributed by atoms with E-state index in [0.717, 1.165) is 38.9 Å². The zero-order valence-corrected chi connectivity index (χ0v) is 15.5. The smallest absolute Gasteiger partial charge is 0.260 e. The van der Waals surface area contributed by atoms with Crippen LogP contribution in [-0.2, 0) is 4.79 Å². The molecule has 1 N–H and O–H groups in total. The van der Waals surface area contributed by atoms with E-state index in [4.69, 9.17) is 27.9 Å². The van der Waals surface area contributed by atoms with Gasteiger partial charge in [0.25, 0.3) is 5.91 Å². The number of amides is 1. The quantitative estimate of drug-likeness (QED) is 0.815. The summed E-state index contributed by atoms with van der Waals surface area (Å²) in [6, 6.07) is 5.30. The fraction of sp³-hybridized carbons (Fsp3) is 0.562. The fourth-order valence-electron chi connectivity index (χ4n) is 2.68. The first-order chi connectivity index (χ1) is 10.6. The van der Waals surface area contributed by atoms with Crippen molar-refractivity contribution in [3.05, 3.63) is 28.2 Å². The highest BCUT2D eigenvalue weighted by Crippen LogP contribution is 2.27. The van der Waals surface area contributed by atoms with Crippen LogP contribution in [0, 0.1) is 0 Å². The van der Waals surface area contributed by atoms with Crippen LogP contribution in [0.1, 0.15) is 26.2 Å². The maximum Gasteiger partial charge on any atom is 0.260 e. The number of ether oxygens (including phenoxy) is 1. The van der Waals surface area contributed by atoms with Crippen LogP contribution in [0.4, 0.5) is 0 Å². The molecule has 1 amide bonds. The van der Waals surface area contributed by atoms with Gasteiger partial charge in [-0.25, -0.2) is 0 Å². The lowest BCUT2D eigenvalue weighted by atomic mass is 10.0. The van der Waals surface area contributed by atoms with Crippen LogP contribution in [0.15, 0.2) is 18.2 Å². The number of piperidine rings is 1. The molecule has 0 atom stereocenters. The van der Waals surface area contributed by atoms with Crippen LogP contribution in [0.5, 0.6) is 5.75 Å². The number of halogens is 3. The number of carbonyl (C=O) groups excluding carboxylic acids is 1. The highest BCUT2D eigenvalue weighted by Gasteiger charge is 2.25. The van der Waals surface area contributed by atoms with E-state index in [1.54, 1.807) is 18.2 Å². The van der Waals surface area contributed by atoms with E-state index >= 15 is 0 Å². The van der Waals surface area contributed by atoms with Gasteiger partial charge in [-0.2, -0.15) is 0 Å². The summed E-state index contributed by atoms with van der Waals surface area (Å²) >= 11 is 11.9. The Hall–Kier alpha value is -0.680. The highest BCUT2D eigenvalue weighted by atomic mass is 35.5. The molecule has 2 rings (SSSR count). The Morgan fingerprint density at radius 1 is 1.35 bits per heavy atom. The molecular formula is C16H23Cl3N2O2. The van der Waals surface area contributed by atoms with Gasteiger partial charge in [-0.3, -0.25) is 4.79 Å². The molecule has 1 heterocycles. The first-order valence-corrected chi connectivity index (χ1v) is 8.45. The zero-order chi connectivity index (χ0) is 15.9. The molecule has 0 saturated carbocycles. The molecule has 7 heteroatoms. The van der Waals surface area contributed by atoms with Crippen molar-refractivity contribution in [1.82, 2.24) is 10.2 Å². The topological polar surface area (TPSA) is 41.6 Å². The van der Waals surface area contributed by atoms with E-state index in [2.05, 4.69) is 12.2 Å². The van der Waals surface area contributed by atoms with Gasteiger partial charge in [-0.05, 0) is 50.6 Å². The molecule has 0 bridgehead atoms. The van der Waals surface area contributed by atoms with E-state index in [9.17, 15) is 4.79 Å². The highest BCUT2D eigenvalue weighted by molar-refractivity contribution is 6.35. The molecule has 130 valence electrons. The van der Waals surface area contributed by atoms with Crippen molar-refractivity contribution in [3.8, 4) is 5.75 Å². The number of nitrogens with one attached hydrogen (secondary N) is 1. The maximum atomic E-state index is 12.5. The van der Waals surface area contributed by atoms with Crippen molar-refractivity contribution in [2.24, 2.45) is 0 Å². The third-order valence-electron chi connectivity index (χ3n) is 3.78. The summed E-state index contributed by atoms with van der Waals surface area (Å²) in [4.78, 5) is 14.4. The summed E-state index contributed by atoms with van der Waals surface area (Å²) in [5.74, 6) is 0.501. The molecule has 0 spiro atoms. The van der Waals surface area contributed by atoms with Crippen LogP contribution in [0.25, 0.3) is 0 Å². The molecule has 0 radical (unpaired) electrons. The molecular weight excluding hydrogens is 359 g/mol. The van der Waals surface area contributed by atoms with E-state index in [1.807, 2.05) is 4.90 Å². The lowest BCUT2D eigenvalue weighted by Crippen LogP contribution is -2.48. The number of rotatable bonds is 6. The first-order valence-electron chi connectivity index (χ1n) is 7.70. The SMILES string of the molecule is CCCN(C(=O)COc1ccc(Cl)cc1Cl)C1CCNCC1.Cl. The van der Waals surface area contributed by atoms with Crippen LogP contribution in [0.2, 0.25) is 10.0 Å². The minimum absolute atomic E-state index is 0. The van der Waals surface area contributed by atoms with Crippen molar-refractivity contribution in [1.29, 1.82) is 0 Å². The second kappa shape index (κ2) is 10.2. The van der Waals surface area contributed by atoms with E-state index < -0.39 is 0 Å². The van der Waals surface area contributed by atoms with Crippen molar-refractivity contribution in [3.63, 3.8) is 0 Å². The molecule has 4 nitrogen and oxygen atoms in total. The minimum atomic E-state index is 0. The normalized spacial score (nSPS) is 14.9. The molecule has 0 aromatic heterocycles. The first kappa shape index (κ1) is 20.4. The molecule has 0 unspecified atom stereocenters. The Morgan fingerprint density at radius 2 is 2.04 bits per heavy atom. The lowest BCUT2D eigenvalue weighted by Gasteiger charge is -2.34. The summed E-state index contributed by atoms with van der Waals surface area (Å²) in [6.45, 7) is 4.77. The maximum absolute atomic E-state index is 12.5. The van der Waals surface area contributed by atoms with E-state index in [-0.39, 0.29) is 24.9 Å². The van der Waals surface area contributed by atoms with Gasteiger partial charge in [0.15, 0.2) is 6.61 Å². The molecule has 1 aromatic rings. The molecule has 1 aromatic carbocycles. The van der Waals surface area contributed by atoms with Gasteiger partial charge in [-0.15, -0.1) is 12.4 Å². The van der Waals surface area contributed by atoms with Crippen LogP contribution in [-0.4, -0.2) is 43.1 Å². The number of hydrogen-bond acceptors (Lipinski definition) is 3. The molecule has 1 aliphatic heterocycles. The fourth-order valence-corrected chi connectivity index (χ4v) is 3.15. The average Bonchev–Trinajstić information content (AvgIpc) is 2.52. The standard InChI is InChI=1S/C16H22Cl2N2O2.ClH/c1-2-9-20(13-5-7-19-8-6-13)16(21)11-22-15-4-3-12(17)10-14(15)18;/h3-4,10,13,19H,2,5-9,11H2,1H3;1H. The molecule has 1 saturated heterocycles. The second-order valence-electron chi connectivity index (χ2n) is 5.43. The lowest BCUT2D eigenvalue weighted by molar-refractivity contribution is -0.136. The van der Waals surface area contributed by atoms with Crippen molar-refractivity contribution < 1.29 is 9.53 Å². The predicted molar refractivity (Wildman–Crippen MR) is 97.1 cm³/mol. The third kappa shape index (κ3) is 6.03. The van der Waals surface area contributed by atoms with Crippen molar-refractivity contribution in [2.75, 3.05) is 26.2 Å². The van der Waals surface area contributed by atoms with Gasteiger partial charge in [0.05, 0.1) is 5.02 Å². The van der Waals surface area contributed by atoms with E-state index in [1.165, 1.54) is 0 Å². The average molecular weight is 382 g/mol. The largest absolute Gasteiger partial charge is 0.482 e. The Morgan fingerprint density at radius 3 is 2.65 bits per heavy atom. The van der Waals surface area contributed by atoms with Crippen molar-refractivity contribution in [2.45, 2.75) is 32.2 Å². The molecule has 1 aliphatic rings. The van der Waals surface area contributed by atoms with Gasteiger partial charge in [0.1, 0.15) is 5.75 Å². The third-order valence-corrected chi connectivity index (χ3v) is 4.31. The van der Waals surface area contributed by atoms with E-state index in [0.29, 0.717) is 21.8 Å². The summed E-state index contributed by atoms with van der Waals surface area (Å²) in [5.41, 5.74) is 0. The Kier molecular flexibility index (Phi) is 9.07. The molecule has 1 fully saturated rings. The van der Waals surface area contributed by atoms with Crippen LogP contribution < -0.4 is 10.1 Å². The van der Waals surface area contributed by atoms with Gasteiger partial charge < -0.3 is 15.0 Å². The van der Waals surface area contributed by atoms with Gasteiger partial charge in [-0.1, -0.05) is 30.1 Å². The van der Waals surface area contributed by atoms with Crippen LogP contribution in [0.3, 0.4) is 0 Å². The Balaban J connectivity index is 0.00000264. The Labute approximate surface area is 153 Å². The minimum Gasteiger partial charge on any atom is -0.482 e. The van der Waals surface area contributed by atoms with Gasteiger partial charge in [0, 0.05) is 17.6 Å². The van der Waals surface area contributed by atoms with Crippen LogP contribution >= 0.6 is 35.6 Å². The van der Waals surface area contributed by atoms with Gasteiger partial charge in [0.2, 0.25) is 0 Å². The number of nitrogens with zero attached hydrogens (tertiary/aromatic N) is 1. The summed E-state index contributed by atoms with van der Waals surface area (Å²) in [5, 5.41) is 4.29. The summed E-state index contributed by atoms with van der Waals surface area (Å²) < 4.78 is 5.57. The zero-order valence-electron chi connectivity index (χ0n) is 13.2. The molecule has 23 heavy (non-hydrogen) atoms. The summed E-state index contributed by atoms with van der Waals surface area (Å²) in [6.07, 6.45) is 2.93. The number of hydrogen-bond donors (Lipinski definition) is 1.